The summed E-state index contributed by atoms with van der Waals surface area (Å²) in [5.41, 5.74) is 3.04. The van der Waals surface area contributed by atoms with Crippen molar-refractivity contribution < 1.29 is 9.53 Å². The van der Waals surface area contributed by atoms with Crippen LogP contribution in [0.4, 0.5) is 0 Å². The Bertz CT molecular complexity index is 410. The van der Waals surface area contributed by atoms with Crippen molar-refractivity contribution in [3.63, 3.8) is 0 Å². The second-order valence-electron chi connectivity index (χ2n) is 4.63. The molecule has 102 valence electrons. The maximum Gasteiger partial charge on any atom is 0.313 e. The second-order valence-corrected chi connectivity index (χ2v) is 4.63. The van der Waals surface area contributed by atoms with Crippen LogP contribution < -0.4 is 0 Å². The molecule has 1 aromatic rings. The Hall–Kier alpha value is -1.32. The molecular formula is C14H24N2O2. The number of rotatable bonds is 6. The largest absolute Gasteiger partial charge is 0.466 e. The molecule has 0 saturated heterocycles. The van der Waals surface area contributed by atoms with Crippen LogP contribution >= 0.6 is 0 Å². The Morgan fingerprint density at radius 2 is 2.06 bits per heavy atom. The Kier molecular flexibility index (Phi) is 5.38. The summed E-state index contributed by atoms with van der Waals surface area (Å²) in [4.78, 5) is 11.8. The molecule has 1 unspecified atom stereocenters. The SMILES string of the molecule is CCCCn1nc(C)c(C(C)C(=O)OCC)c1C. The minimum atomic E-state index is -0.236. The molecule has 0 aliphatic heterocycles. The fraction of sp³-hybridized carbons (Fsp3) is 0.714. The van der Waals surface area contributed by atoms with Crippen molar-refractivity contribution in [2.75, 3.05) is 6.61 Å². The van der Waals surface area contributed by atoms with Gasteiger partial charge in [-0.15, -0.1) is 0 Å². The van der Waals surface area contributed by atoms with Gasteiger partial charge in [-0.1, -0.05) is 13.3 Å². The molecule has 0 aliphatic rings. The third-order valence-corrected chi connectivity index (χ3v) is 3.23. The van der Waals surface area contributed by atoms with Crippen LogP contribution in [0.2, 0.25) is 0 Å². The topological polar surface area (TPSA) is 44.1 Å². The highest BCUT2D eigenvalue weighted by atomic mass is 16.5. The van der Waals surface area contributed by atoms with Crippen molar-refractivity contribution in [2.45, 2.75) is 59.9 Å². The van der Waals surface area contributed by atoms with Crippen LogP contribution in [0.1, 0.15) is 56.5 Å². The van der Waals surface area contributed by atoms with Gasteiger partial charge in [0.05, 0.1) is 18.2 Å². The molecule has 0 bridgehead atoms. The highest BCUT2D eigenvalue weighted by molar-refractivity contribution is 5.78. The minimum Gasteiger partial charge on any atom is -0.466 e. The summed E-state index contributed by atoms with van der Waals surface area (Å²) in [6.45, 7) is 11.2. The van der Waals surface area contributed by atoms with Crippen molar-refractivity contribution in [2.24, 2.45) is 0 Å². The molecule has 4 heteroatoms. The van der Waals surface area contributed by atoms with Crippen LogP contribution in [-0.4, -0.2) is 22.4 Å². The number of hydrogen-bond acceptors (Lipinski definition) is 3. The zero-order valence-corrected chi connectivity index (χ0v) is 12.1. The predicted molar refractivity (Wildman–Crippen MR) is 71.7 cm³/mol. The van der Waals surface area contributed by atoms with Crippen LogP contribution in [0.3, 0.4) is 0 Å². The summed E-state index contributed by atoms with van der Waals surface area (Å²) in [6.07, 6.45) is 2.25. The molecule has 0 fully saturated rings. The van der Waals surface area contributed by atoms with Gasteiger partial charge in [-0.05, 0) is 34.1 Å². The van der Waals surface area contributed by atoms with Gasteiger partial charge in [0.25, 0.3) is 0 Å². The minimum absolute atomic E-state index is 0.168. The average Bonchev–Trinajstić information content (AvgIpc) is 2.61. The third-order valence-electron chi connectivity index (χ3n) is 3.23. The lowest BCUT2D eigenvalue weighted by molar-refractivity contribution is -0.144. The standard InChI is InChI=1S/C14H24N2O2/c1-6-8-9-16-12(5)13(11(4)15-16)10(3)14(17)18-7-2/h10H,6-9H2,1-5H3. The van der Waals surface area contributed by atoms with E-state index >= 15 is 0 Å². The molecule has 1 heterocycles. The first-order valence-corrected chi connectivity index (χ1v) is 6.73. The molecule has 0 aromatic carbocycles. The predicted octanol–water partition coefficient (Wildman–Crippen LogP) is 2.97. The number of aryl methyl sites for hydroxylation is 2. The monoisotopic (exact) mass is 252 g/mol. The fourth-order valence-electron chi connectivity index (χ4n) is 2.25. The lowest BCUT2D eigenvalue weighted by Crippen LogP contribution is -2.14. The highest BCUT2D eigenvalue weighted by Gasteiger charge is 2.23. The first-order valence-electron chi connectivity index (χ1n) is 6.73. The number of aromatic nitrogens is 2. The van der Waals surface area contributed by atoms with Crippen molar-refractivity contribution >= 4 is 5.97 Å². The summed E-state index contributed by atoms with van der Waals surface area (Å²) in [6, 6.07) is 0. The number of ether oxygens (including phenoxy) is 1. The second kappa shape index (κ2) is 6.57. The normalized spacial score (nSPS) is 12.5. The van der Waals surface area contributed by atoms with Crippen LogP contribution in [0.5, 0.6) is 0 Å². The van der Waals surface area contributed by atoms with Gasteiger partial charge in [-0.3, -0.25) is 9.48 Å². The molecule has 0 amide bonds. The number of nitrogens with zero attached hydrogens (tertiary/aromatic N) is 2. The lowest BCUT2D eigenvalue weighted by atomic mass is 9.99. The first-order chi connectivity index (χ1) is 8.52. The summed E-state index contributed by atoms with van der Waals surface area (Å²) < 4.78 is 7.09. The van der Waals surface area contributed by atoms with Gasteiger partial charge in [0.1, 0.15) is 0 Å². The lowest BCUT2D eigenvalue weighted by Gasteiger charge is -2.11. The van der Waals surface area contributed by atoms with Gasteiger partial charge in [0.2, 0.25) is 0 Å². The van der Waals surface area contributed by atoms with E-state index in [-0.39, 0.29) is 11.9 Å². The van der Waals surface area contributed by atoms with Gasteiger partial charge >= 0.3 is 5.97 Å². The molecule has 0 radical (unpaired) electrons. The fourth-order valence-corrected chi connectivity index (χ4v) is 2.25. The molecule has 18 heavy (non-hydrogen) atoms. The molecule has 1 rings (SSSR count). The molecule has 1 aromatic heterocycles. The van der Waals surface area contributed by atoms with Gasteiger partial charge in [-0.25, -0.2) is 0 Å². The van der Waals surface area contributed by atoms with E-state index in [0.717, 1.165) is 36.3 Å². The van der Waals surface area contributed by atoms with E-state index < -0.39 is 0 Å². The van der Waals surface area contributed by atoms with E-state index in [1.54, 1.807) is 0 Å². The highest BCUT2D eigenvalue weighted by Crippen LogP contribution is 2.24. The number of esters is 1. The van der Waals surface area contributed by atoms with E-state index in [1.165, 1.54) is 0 Å². The van der Waals surface area contributed by atoms with E-state index in [2.05, 4.69) is 12.0 Å². The Morgan fingerprint density at radius 1 is 1.39 bits per heavy atom. The Labute approximate surface area is 109 Å². The number of carbonyl (C=O) groups excluding carboxylic acids is 1. The summed E-state index contributed by atoms with van der Waals surface area (Å²) in [5, 5.41) is 4.52. The van der Waals surface area contributed by atoms with E-state index in [9.17, 15) is 4.79 Å². The van der Waals surface area contributed by atoms with Crippen molar-refractivity contribution in [1.29, 1.82) is 0 Å². The number of unbranched alkanes of at least 4 members (excludes halogenated alkanes) is 1. The molecule has 0 N–H and O–H groups in total. The van der Waals surface area contributed by atoms with Gasteiger partial charge in [0, 0.05) is 17.8 Å². The smallest absolute Gasteiger partial charge is 0.313 e. The van der Waals surface area contributed by atoms with Crippen LogP contribution in [0, 0.1) is 13.8 Å². The van der Waals surface area contributed by atoms with Gasteiger partial charge in [-0.2, -0.15) is 5.10 Å². The first kappa shape index (κ1) is 14.7. The number of carbonyl (C=O) groups is 1. The molecule has 4 nitrogen and oxygen atoms in total. The zero-order valence-electron chi connectivity index (χ0n) is 12.1. The summed E-state index contributed by atoms with van der Waals surface area (Å²) in [5.74, 6) is -0.404. The van der Waals surface area contributed by atoms with Crippen molar-refractivity contribution in [1.82, 2.24) is 9.78 Å². The molecule has 0 aliphatic carbocycles. The molecule has 1 atom stereocenters. The quantitative estimate of drug-likeness (QED) is 0.731. The third kappa shape index (κ3) is 3.12. The van der Waals surface area contributed by atoms with Crippen molar-refractivity contribution in [3.05, 3.63) is 17.0 Å². The van der Waals surface area contributed by atoms with Gasteiger partial charge < -0.3 is 4.74 Å². The van der Waals surface area contributed by atoms with E-state index in [4.69, 9.17) is 4.74 Å². The zero-order chi connectivity index (χ0) is 13.7. The molecule has 0 saturated carbocycles. The van der Waals surface area contributed by atoms with Crippen LogP contribution in [0.15, 0.2) is 0 Å². The molecular weight excluding hydrogens is 228 g/mol. The van der Waals surface area contributed by atoms with Crippen LogP contribution in [0.25, 0.3) is 0 Å². The van der Waals surface area contributed by atoms with Gasteiger partial charge in [0.15, 0.2) is 0 Å². The Morgan fingerprint density at radius 3 is 2.61 bits per heavy atom. The van der Waals surface area contributed by atoms with E-state index in [0.29, 0.717) is 6.61 Å². The van der Waals surface area contributed by atoms with E-state index in [1.807, 2.05) is 32.4 Å². The van der Waals surface area contributed by atoms with Crippen molar-refractivity contribution in [3.8, 4) is 0 Å². The summed E-state index contributed by atoms with van der Waals surface area (Å²) >= 11 is 0. The average molecular weight is 252 g/mol. The number of hydrogen-bond donors (Lipinski definition) is 0. The maximum atomic E-state index is 11.8. The Balaban J connectivity index is 2.94. The van der Waals surface area contributed by atoms with Crippen LogP contribution in [-0.2, 0) is 16.1 Å². The maximum absolute atomic E-state index is 11.8. The summed E-state index contributed by atoms with van der Waals surface area (Å²) in [7, 11) is 0. The molecule has 0 spiro atoms.